The molecule has 6 rings (SSSR count). The molecule has 7 nitrogen and oxygen atoms in total. The van der Waals surface area contributed by atoms with Gasteiger partial charge in [0, 0.05) is 45.1 Å². The van der Waals surface area contributed by atoms with Crippen molar-refractivity contribution in [1.29, 1.82) is 0 Å². The van der Waals surface area contributed by atoms with Gasteiger partial charge in [-0.05, 0) is 35.9 Å². The van der Waals surface area contributed by atoms with E-state index in [1.54, 1.807) is 24.3 Å². The molecule has 1 aliphatic rings. The van der Waals surface area contributed by atoms with Crippen LogP contribution in [0.4, 0.5) is 24.7 Å². The summed E-state index contributed by atoms with van der Waals surface area (Å²) in [5, 5.41) is 6.57. The molecule has 3 heterocycles. The highest BCUT2D eigenvalue weighted by Gasteiger charge is 2.35. The summed E-state index contributed by atoms with van der Waals surface area (Å²) in [6.07, 6.45) is -3.25. The first-order valence-electron chi connectivity index (χ1n) is 12.7. The number of thiazole rings is 1. The topological polar surface area (TPSA) is 80.2 Å². The van der Waals surface area contributed by atoms with Crippen molar-refractivity contribution in [2.24, 2.45) is 0 Å². The van der Waals surface area contributed by atoms with E-state index in [-0.39, 0.29) is 18.0 Å². The SMILES string of the molecule is O=S1CCN(Cc2nc(-c3ccc4ncnc(Nc5ccc(OCc6ccccc6)c(C(F)(F)F)c5)c4c3)cs2)C1. The lowest BCUT2D eigenvalue weighted by molar-refractivity contribution is -0.139. The minimum Gasteiger partial charge on any atom is -0.488 e. The van der Waals surface area contributed by atoms with Crippen LogP contribution in [0.3, 0.4) is 0 Å². The molecule has 1 atom stereocenters. The Kier molecular flexibility index (Phi) is 7.69. The molecule has 2 aromatic heterocycles. The fraction of sp³-hybridized carbons (Fsp3) is 0.207. The minimum absolute atomic E-state index is 0.0197. The van der Waals surface area contributed by atoms with Crippen LogP contribution in [0.1, 0.15) is 16.1 Å². The maximum atomic E-state index is 14.0. The molecule has 1 aliphatic heterocycles. The normalized spacial score (nSPS) is 15.8. The molecule has 0 bridgehead atoms. The van der Waals surface area contributed by atoms with Gasteiger partial charge >= 0.3 is 6.18 Å². The number of nitrogens with one attached hydrogen (secondary N) is 1. The first kappa shape index (κ1) is 27.3. The smallest absolute Gasteiger partial charge is 0.420 e. The Morgan fingerprint density at radius 1 is 1.05 bits per heavy atom. The molecular weight excluding hydrogens is 571 g/mol. The zero-order valence-corrected chi connectivity index (χ0v) is 23.2. The van der Waals surface area contributed by atoms with Crippen LogP contribution in [-0.2, 0) is 30.1 Å². The van der Waals surface area contributed by atoms with Gasteiger partial charge < -0.3 is 10.1 Å². The van der Waals surface area contributed by atoms with Crippen molar-refractivity contribution in [2.45, 2.75) is 19.3 Å². The van der Waals surface area contributed by atoms with Crippen LogP contribution < -0.4 is 10.1 Å². The van der Waals surface area contributed by atoms with Gasteiger partial charge in [-0.15, -0.1) is 11.3 Å². The molecule has 1 fully saturated rings. The Morgan fingerprint density at radius 2 is 1.90 bits per heavy atom. The van der Waals surface area contributed by atoms with Crippen LogP contribution >= 0.6 is 11.3 Å². The molecule has 41 heavy (non-hydrogen) atoms. The zero-order valence-electron chi connectivity index (χ0n) is 21.6. The highest BCUT2D eigenvalue weighted by atomic mass is 32.2. The van der Waals surface area contributed by atoms with Crippen molar-refractivity contribution in [3.63, 3.8) is 0 Å². The fourth-order valence-corrected chi connectivity index (χ4v) is 6.60. The number of rotatable bonds is 8. The molecule has 5 aromatic rings. The van der Waals surface area contributed by atoms with E-state index in [1.807, 2.05) is 29.6 Å². The second-order valence-corrected chi connectivity index (χ2v) is 12.0. The first-order chi connectivity index (χ1) is 19.8. The Balaban J connectivity index is 1.25. The van der Waals surface area contributed by atoms with Gasteiger partial charge in [0.2, 0.25) is 0 Å². The summed E-state index contributed by atoms with van der Waals surface area (Å²) in [5.41, 5.74) is 2.36. The average molecular weight is 596 g/mol. The van der Waals surface area contributed by atoms with E-state index in [4.69, 9.17) is 9.72 Å². The van der Waals surface area contributed by atoms with Crippen molar-refractivity contribution in [3.8, 4) is 17.0 Å². The van der Waals surface area contributed by atoms with Gasteiger partial charge in [0.1, 0.15) is 29.5 Å². The van der Waals surface area contributed by atoms with E-state index < -0.39 is 22.5 Å². The number of benzene rings is 3. The van der Waals surface area contributed by atoms with Crippen molar-refractivity contribution in [3.05, 3.63) is 94.6 Å². The lowest BCUT2D eigenvalue weighted by atomic mass is 10.1. The van der Waals surface area contributed by atoms with Gasteiger partial charge in [-0.2, -0.15) is 13.2 Å². The molecule has 0 saturated carbocycles. The molecule has 0 aliphatic carbocycles. The Bertz CT molecular complexity index is 1710. The van der Waals surface area contributed by atoms with E-state index >= 15 is 0 Å². The van der Waals surface area contributed by atoms with Gasteiger partial charge in [-0.3, -0.25) is 9.11 Å². The number of halogens is 3. The van der Waals surface area contributed by atoms with E-state index in [0.29, 0.717) is 34.9 Å². The van der Waals surface area contributed by atoms with Crippen LogP contribution in [0, 0.1) is 0 Å². The largest absolute Gasteiger partial charge is 0.488 e. The van der Waals surface area contributed by atoms with Crippen molar-refractivity contribution in [1.82, 2.24) is 19.9 Å². The minimum atomic E-state index is -4.61. The number of hydrogen-bond donors (Lipinski definition) is 1. The van der Waals surface area contributed by atoms with E-state index in [0.717, 1.165) is 34.4 Å². The summed E-state index contributed by atoms with van der Waals surface area (Å²) in [7, 11) is -0.796. The molecule has 1 N–H and O–H groups in total. The molecule has 3 aromatic carbocycles. The Morgan fingerprint density at radius 3 is 2.68 bits per heavy atom. The summed E-state index contributed by atoms with van der Waals surface area (Å²) < 4.78 is 59.2. The summed E-state index contributed by atoms with van der Waals surface area (Å²) in [5.74, 6) is 1.37. The molecule has 0 spiro atoms. The summed E-state index contributed by atoms with van der Waals surface area (Å²) in [6.45, 7) is 1.46. The molecular formula is C29H24F3N5O2S2. The number of ether oxygens (including phenoxy) is 1. The summed E-state index contributed by atoms with van der Waals surface area (Å²) >= 11 is 1.54. The van der Waals surface area contributed by atoms with Crippen molar-refractivity contribution >= 4 is 44.5 Å². The number of aromatic nitrogens is 3. The van der Waals surface area contributed by atoms with Gasteiger partial charge in [0.25, 0.3) is 0 Å². The lowest BCUT2D eigenvalue weighted by Crippen LogP contribution is -2.19. The lowest BCUT2D eigenvalue weighted by Gasteiger charge is -2.16. The monoisotopic (exact) mass is 595 g/mol. The third-order valence-electron chi connectivity index (χ3n) is 6.59. The maximum Gasteiger partial charge on any atom is 0.420 e. The van der Waals surface area contributed by atoms with Crippen molar-refractivity contribution in [2.75, 3.05) is 23.5 Å². The highest BCUT2D eigenvalue weighted by molar-refractivity contribution is 7.85. The highest BCUT2D eigenvalue weighted by Crippen LogP contribution is 2.39. The number of nitrogens with zero attached hydrogens (tertiary/aromatic N) is 4. The standard InChI is InChI=1S/C29H24F3N5O2S2/c30-29(31,32)23-13-21(7-9-26(23)39-15-19-4-2-1-3-5-19)35-28-22-12-20(6-8-24(22)33-17-34-28)25-16-40-27(36-25)14-37-10-11-41(38)18-37/h1-9,12-13,16-17H,10-11,14-15,18H2,(H,33,34,35). The van der Waals surface area contributed by atoms with Crippen LogP contribution in [0.25, 0.3) is 22.2 Å². The number of alkyl halides is 3. The molecule has 12 heteroatoms. The van der Waals surface area contributed by atoms with Crippen LogP contribution in [0.15, 0.2) is 78.4 Å². The predicted octanol–water partition coefficient (Wildman–Crippen LogP) is 6.62. The summed E-state index contributed by atoms with van der Waals surface area (Å²) in [4.78, 5) is 15.5. The number of hydrogen-bond acceptors (Lipinski definition) is 8. The number of anilines is 2. The van der Waals surface area contributed by atoms with E-state index in [1.165, 1.54) is 29.8 Å². The van der Waals surface area contributed by atoms with Gasteiger partial charge in [0.05, 0.1) is 29.2 Å². The first-order valence-corrected chi connectivity index (χ1v) is 15.1. The van der Waals surface area contributed by atoms with Crippen LogP contribution in [-0.4, -0.2) is 42.2 Å². The fourth-order valence-electron chi connectivity index (χ4n) is 4.54. The van der Waals surface area contributed by atoms with Gasteiger partial charge in [0.15, 0.2) is 0 Å². The number of fused-ring (bicyclic) bond motifs is 1. The Labute approximate surface area is 240 Å². The molecule has 0 amide bonds. The third kappa shape index (κ3) is 6.39. The van der Waals surface area contributed by atoms with Gasteiger partial charge in [-0.25, -0.2) is 15.0 Å². The third-order valence-corrected chi connectivity index (χ3v) is 8.71. The zero-order chi connectivity index (χ0) is 28.4. The van der Waals surface area contributed by atoms with Crippen molar-refractivity contribution < 1.29 is 22.1 Å². The quantitative estimate of drug-likeness (QED) is 0.216. The molecule has 1 saturated heterocycles. The van der Waals surface area contributed by atoms with Crippen LogP contribution in [0.2, 0.25) is 0 Å². The summed E-state index contributed by atoms with van der Waals surface area (Å²) in [6, 6.07) is 18.5. The molecule has 0 radical (unpaired) electrons. The second kappa shape index (κ2) is 11.6. The Hall–Kier alpha value is -3.87. The predicted molar refractivity (Wildman–Crippen MR) is 154 cm³/mol. The maximum absolute atomic E-state index is 14.0. The molecule has 210 valence electrons. The van der Waals surface area contributed by atoms with E-state index in [2.05, 4.69) is 20.2 Å². The van der Waals surface area contributed by atoms with Gasteiger partial charge in [-0.1, -0.05) is 36.4 Å². The van der Waals surface area contributed by atoms with Crippen LogP contribution in [0.5, 0.6) is 5.75 Å². The van der Waals surface area contributed by atoms with E-state index in [9.17, 15) is 17.4 Å². The average Bonchev–Trinajstić information content (AvgIpc) is 3.61. The molecule has 1 unspecified atom stereocenters. The second-order valence-electron chi connectivity index (χ2n) is 9.51.